The first-order valence-corrected chi connectivity index (χ1v) is 10.8. The maximum Gasteiger partial charge on any atom is 0.314 e. The van der Waals surface area contributed by atoms with Crippen molar-refractivity contribution in [1.82, 2.24) is 4.98 Å². The van der Waals surface area contributed by atoms with Gasteiger partial charge in [0.2, 0.25) is 0 Å². The summed E-state index contributed by atoms with van der Waals surface area (Å²) in [5.41, 5.74) is 2.81. The number of pyridine rings is 1. The third-order valence-electron chi connectivity index (χ3n) is 5.91. The van der Waals surface area contributed by atoms with Crippen LogP contribution < -0.4 is 4.74 Å². The second-order valence-electron chi connectivity index (χ2n) is 8.07. The lowest BCUT2D eigenvalue weighted by molar-refractivity contribution is -0.140. The molecular formula is C25H30N2O2. The Balaban J connectivity index is 1.44. The van der Waals surface area contributed by atoms with Crippen LogP contribution in [0.3, 0.4) is 0 Å². The number of nitriles is 1. The van der Waals surface area contributed by atoms with E-state index in [2.05, 4.69) is 18.0 Å². The predicted octanol–water partition coefficient (Wildman–Crippen LogP) is 5.64. The SMILES string of the molecule is CCCCC1CCC(C(=O)Oc2ccc(CCc3ccc(C#N)cc3)nc2)CC1. The van der Waals surface area contributed by atoms with Crippen LogP contribution in [-0.2, 0) is 17.6 Å². The Labute approximate surface area is 173 Å². The molecule has 3 rings (SSSR count). The van der Waals surface area contributed by atoms with E-state index in [0.717, 1.165) is 50.1 Å². The summed E-state index contributed by atoms with van der Waals surface area (Å²) in [7, 11) is 0. The molecule has 4 heteroatoms. The van der Waals surface area contributed by atoms with Crippen LogP contribution in [0.1, 0.15) is 68.7 Å². The van der Waals surface area contributed by atoms with Gasteiger partial charge in [0.15, 0.2) is 0 Å². The lowest BCUT2D eigenvalue weighted by Gasteiger charge is -2.27. The van der Waals surface area contributed by atoms with Crippen LogP contribution in [0.5, 0.6) is 5.75 Å². The summed E-state index contributed by atoms with van der Waals surface area (Å²) < 4.78 is 5.58. The highest BCUT2D eigenvalue weighted by Gasteiger charge is 2.27. The van der Waals surface area contributed by atoms with Gasteiger partial charge < -0.3 is 4.74 Å². The van der Waals surface area contributed by atoms with Gasteiger partial charge in [0.05, 0.1) is 23.7 Å². The number of rotatable bonds is 8. The van der Waals surface area contributed by atoms with Gasteiger partial charge in [-0.15, -0.1) is 0 Å². The van der Waals surface area contributed by atoms with Crippen LogP contribution in [0.4, 0.5) is 0 Å². The number of unbranched alkanes of at least 4 members (excludes halogenated alkanes) is 1. The minimum Gasteiger partial charge on any atom is -0.425 e. The smallest absolute Gasteiger partial charge is 0.314 e. The molecule has 0 atom stereocenters. The molecule has 1 heterocycles. The lowest BCUT2D eigenvalue weighted by Crippen LogP contribution is -2.25. The third-order valence-corrected chi connectivity index (χ3v) is 5.91. The molecule has 1 fully saturated rings. The largest absolute Gasteiger partial charge is 0.425 e. The first-order chi connectivity index (χ1) is 14.2. The second kappa shape index (κ2) is 10.8. The molecule has 0 N–H and O–H groups in total. The van der Waals surface area contributed by atoms with Crippen molar-refractivity contribution in [2.45, 2.75) is 64.7 Å². The van der Waals surface area contributed by atoms with Crippen molar-refractivity contribution in [3.05, 3.63) is 59.4 Å². The average Bonchev–Trinajstić information content (AvgIpc) is 2.78. The van der Waals surface area contributed by atoms with E-state index in [1.807, 2.05) is 36.4 Å². The number of hydrogen-bond donors (Lipinski definition) is 0. The van der Waals surface area contributed by atoms with Crippen LogP contribution in [0.2, 0.25) is 0 Å². The van der Waals surface area contributed by atoms with E-state index in [0.29, 0.717) is 11.3 Å². The van der Waals surface area contributed by atoms with Gasteiger partial charge >= 0.3 is 5.97 Å². The van der Waals surface area contributed by atoms with Gasteiger partial charge in [-0.3, -0.25) is 9.78 Å². The highest BCUT2D eigenvalue weighted by Crippen LogP contribution is 2.32. The number of hydrogen-bond acceptors (Lipinski definition) is 4. The fraction of sp³-hybridized carbons (Fsp3) is 0.480. The zero-order chi connectivity index (χ0) is 20.5. The minimum atomic E-state index is -0.105. The van der Waals surface area contributed by atoms with Crippen molar-refractivity contribution >= 4 is 5.97 Å². The molecule has 152 valence electrons. The van der Waals surface area contributed by atoms with Crippen molar-refractivity contribution in [2.75, 3.05) is 0 Å². The Morgan fingerprint density at radius 3 is 2.48 bits per heavy atom. The molecule has 0 unspecified atom stereocenters. The standard InChI is InChI=1S/C25H30N2O2/c1-2-3-4-19-9-12-22(13-10-19)25(28)29-24-16-15-23(27-18-24)14-11-20-5-7-21(17-26)8-6-20/h5-8,15-16,18-19,22H,2-4,9-14H2,1H3. The monoisotopic (exact) mass is 390 g/mol. The van der Waals surface area contributed by atoms with Gasteiger partial charge in [-0.05, 0) is 74.3 Å². The quantitative estimate of drug-likeness (QED) is 0.547. The Morgan fingerprint density at radius 1 is 1.10 bits per heavy atom. The number of nitrogens with zero attached hydrogens (tertiary/aromatic N) is 2. The lowest BCUT2D eigenvalue weighted by atomic mass is 9.80. The average molecular weight is 391 g/mol. The van der Waals surface area contributed by atoms with Gasteiger partial charge in [-0.25, -0.2) is 0 Å². The zero-order valence-electron chi connectivity index (χ0n) is 17.3. The van der Waals surface area contributed by atoms with E-state index in [4.69, 9.17) is 10.00 Å². The van der Waals surface area contributed by atoms with Gasteiger partial charge in [0, 0.05) is 5.69 Å². The first kappa shape index (κ1) is 21.0. The summed E-state index contributed by atoms with van der Waals surface area (Å²) in [6, 6.07) is 13.5. The van der Waals surface area contributed by atoms with Crippen LogP contribution in [-0.4, -0.2) is 11.0 Å². The molecule has 4 nitrogen and oxygen atoms in total. The number of aryl methyl sites for hydroxylation is 2. The van der Waals surface area contributed by atoms with Gasteiger partial charge in [-0.1, -0.05) is 38.3 Å². The second-order valence-corrected chi connectivity index (χ2v) is 8.07. The molecule has 0 bridgehead atoms. The van der Waals surface area contributed by atoms with Crippen molar-refractivity contribution < 1.29 is 9.53 Å². The molecular weight excluding hydrogens is 360 g/mol. The maximum atomic E-state index is 12.5. The Morgan fingerprint density at radius 2 is 1.86 bits per heavy atom. The van der Waals surface area contributed by atoms with Gasteiger partial charge in [-0.2, -0.15) is 5.26 Å². The van der Waals surface area contributed by atoms with E-state index in [9.17, 15) is 4.79 Å². The molecule has 0 aliphatic heterocycles. The highest BCUT2D eigenvalue weighted by molar-refractivity contribution is 5.75. The number of ether oxygens (including phenoxy) is 1. The number of aromatic nitrogens is 1. The van der Waals surface area contributed by atoms with Gasteiger partial charge in [0.25, 0.3) is 0 Å². The predicted molar refractivity (Wildman–Crippen MR) is 113 cm³/mol. The highest BCUT2D eigenvalue weighted by atomic mass is 16.5. The molecule has 0 radical (unpaired) electrons. The first-order valence-electron chi connectivity index (χ1n) is 10.8. The Kier molecular flexibility index (Phi) is 7.81. The van der Waals surface area contributed by atoms with Crippen LogP contribution in [0.15, 0.2) is 42.6 Å². The van der Waals surface area contributed by atoms with Crippen LogP contribution in [0.25, 0.3) is 0 Å². The molecule has 0 saturated heterocycles. The molecule has 2 aromatic rings. The Bertz CT molecular complexity index is 813. The van der Waals surface area contributed by atoms with E-state index in [1.165, 1.54) is 24.8 Å². The van der Waals surface area contributed by atoms with Crippen LogP contribution in [0, 0.1) is 23.2 Å². The molecule has 1 aromatic heterocycles. The number of esters is 1. The molecule has 1 aromatic carbocycles. The van der Waals surface area contributed by atoms with E-state index < -0.39 is 0 Å². The third kappa shape index (κ3) is 6.42. The molecule has 1 saturated carbocycles. The molecule has 29 heavy (non-hydrogen) atoms. The van der Waals surface area contributed by atoms with Gasteiger partial charge in [0.1, 0.15) is 5.75 Å². The summed E-state index contributed by atoms with van der Waals surface area (Å²) in [6.45, 7) is 2.23. The minimum absolute atomic E-state index is 0.0314. The van der Waals surface area contributed by atoms with Crippen molar-refractivity contribution in [2.24, 2.45) is 11.8 Å². The van der Waals surface area contributed by atoms with Crippen molar-refractivity contribution in [1.29, 1.82) is 5.26 Å². The number of benzene rings is 1. The van der Waals surface area contributed by atoms with E-state index in [1.54, 1.807) is 6.20 Å². The molecule has 1 aliphatic carbocycles. The van der Waals surface area contributed by atoms with E-state index >= 15 is 0 Å². The Hall–Kier alpha value is -2.67. The van der Waals surface area contributed by atoms with E-state index in [-0.39, 0.29) is 11.9 Å². The molecule has 0 spiro atoms. The molecule has 0 amide bonds. The maximum absolute atomic E-state index is 12.5. The fourth-order valence-corrected chi connectivity index (χ4v) is 4.02. The summed E-state index contributed by atoms with van der Waals surface area (Å²) in [5.74, 6) is 1.25. The molecule has 1 aliphatic rings. The summed E-state index contributed by atoms with van der Waals surface area (Å²) in [4.78, 5) is 16.9. The topological polar surface area (TPSA) is 63.0 Å². The van der Waals surface area contributed by atoms with Crippen molar-refractivity contribution in [3.8, 4) is 11.8 Å². The number of carbonyl (C=O) groups excluding carboxylic acids is 1. The number of carbonyl (C=O) groups is 1. The summed E-state index contributed by atoms with van der Waals surface area (Å²) in [6.07, 6.45) is 11.3. The fourth-order valence-electron chi connectivity index (χ4n) is 4.02. The van der Waals surface area contributed by atoms with Crippen molar-refractivity contribution in [3.63, 3.8) is 0 Å². The zero-order valence-corrected chi connectivity index (χ0v) is 17.3. The summed E-state index contributed by atoms with van der Waals surface area (Å²) in [5, 5.41) is 8.85. The normalized spacial score (nSPS) is 18.8. The van der Waals surface area contributed by atoms with Crippen LogP contribution >= 0.6 is 0 Å². The summed E-state index contributed by atoms with van der Waals surface area (Å²) >= 11 is 0.